The van der Waals surface area contributed by atoms with Crippen molar-refractivity contribution >= 4 is 0 Å². The van der Waals surface area contributed by atoms with Gasteiger partial charge in [0.25, 0.3) is 0 Å². The van der Waals surface area contributed by atoms with Crippen LogP contribution in [0.15, 0.2) is 48.5 Å². The molecule has 0 aliphatic heterocycles. The van der Waals surface area contributed by atoms with E-state index in [1.165, 1.54) is 47.9 Å². The second kappa shape index (κ2) is 6.44. The molecule has 2 aromatic rings. The van der Waals surface area contributed by atoms with Crippen molar-refractivity contribution < 1.29 is 0 Å². The molecular formula is C20H25N. The third-order valence-corrected chi connectivity index (χ3v) is 4.77. The number of rotatable bonds is 6. The average molecular weight is 279 g/mol. The van der Waals surface area contributed by atoms with Crippen LogP contribution >= 0.6 is 0 Å². The predicted molar refractivity (Wildman–Crippen MR) is 89.7 cm³/mol. The summed E-state index contributed by atoms with van der Waals surface area (Å²) in [7, 11) is 2.08. The highest BCUT2D eigenvalue weighted by molar-refractivity contribution is 5.43. The SMILES string of the molecule is CCCCc1ccc(C(NC)C2Cc3ccccc32)cc1. The fourth-order valence-corrected chi connectivity index (χ4v) is 3.47. The van der Waals surface area contributed by atoms with Crippen molar-refractivity contribution in [3.8, 4) is 0 Å². The first-order chi connectivity index (χ1) is 10.3. The topological polar surface area (TPSA) is 12.0 Å². The van der Waals surface area contributed by atoms with Crippen molar-refractivity contribution in [2.24, 2.45) is 0 Å². The van der Waals surface area contributed by atoms with Gasteiger partial charge in [0.05, 0.1) is 0 Å². The van der Waals surface area contributed by atoms with Gasteiger partial charge in [0, 0.05) is 12.0 Å². The zero-order chi connectivity index (χ0) is 14.7. The van der Waals surface area contributed by atoms with Crippen molar-refractivity contribution in [3.05, 3.63) is 70.8 Å². The van der Waals surface area contributed by atoms with Gasteiger partial charge >= 0.3 is 0 Å². The van der Waals surface area contributed by atoms with E-state index in [-0.39, 0.29) is 0 Å². The van der Waals surface area contributed by atoms with Crippen LogP contribution in [-0.2, 0) is 12.8 Å². The summed E-state index contributed by atoms with van der Waals surface area (Å²) in [5.41, 5.74) is 5.91. The number of likely N-dealkylation sites (N-methyl/N-ethyl adjacent to an activating group) is 1. The van der Waals surface area contributed by atoms with Crippen LogP contribution in [-0.4, -0.2) is 7.05 Å². The number of unbranched alkanes of at least 4 members (excludes halogenated alkanes) is 1. The summed E-state index contributed by atoms with van der Waals surface area (Å²) in [6, 6.07) is 18.5. The van der Waals surface area contributed by atoms with Gasteiger partial charge < -0.3 is 5.32 Å². The number of fused-ring (bicyclic) bond motifs is 1. The molecule has 2 unspecified atom stereocenters. The number of hydrogen-bond donors (Lipinski definition) is 1. The molecule has 2 aromatic carbocycles. The maximum Gasteiger partial charge on any atom is 0.0390 e. The molecule has 0 heterocycles. The number of aryl methyl sites for hydroxylation is 1. The lowest BCUT2D eigenvalue weighted by atomic mass is 9.71. The Labute approximate surface area is 128 Å². The summed E-state index contributed by atoms with van der Waals surface area (Å²) in [5.74, 6) is 0.618. The predicted octanol–water partition coefficient (Wildman–Crippen LogP) is 4.63. The molecule has 0 saturated heterocycles. The van der Waals surface area contributed by atoms with E-state index >= 15 is 0 Å². The molecule has 1 aliphatic carbocycles. The van der Waals surface area contributed by atoms with E-state index in [4.69, 9.17) is 0 Å². The van der Waals surface area contributed by atoms with E-state index < -0.39 is 0 Å². The van der Waals surface area contributed by atoms with E-state index in [0.29, 0.717) is 12.0 Å². The van der Waals surface area contributed by atoms with Gasteiger partial charge in [-0.05, 0) is 48.6 Å². The third-order valence-electron chi connectivity index (χ3n) is 4.77. The van der Waals surface area contributed by atoms with Crippen molar-refractivity contribution in [3.63, 3.8) is 0 Å². The fraction of sp³-hybridized carbons (Fsp3) is 0.400. The molecule has 1 N–H and O–H groups in total. The standard InChI is InChI=1S/C20H25N/c1-3-4-7-15-10-12-16(13-11-15)20(21-2)19-14-17-8-5-6-9-18(17)19/h5-6,8-13,19-21H,3-4,7,14H2,1-2H3. The van der Waals surface area contributed by atoms with Gasteiger partial charge in [-0.1, -0.05) is 61.9 Å². The van der Waals surface area contributed by atoms with E-state index in [2.05, 4.69) is 67.8 Å². The average Bonchev–Trinajstić information content (AvgIpc) is 2.51. The smallest absolute Gasteiger partial charge is 0.0390 e. The third kappa shape index (κ3) is 2.89. The van der Waals surface area contributed by atoms with Crippen LogP contribution < -0.4 is 5.32 Å². The lowest BCUT2D eigenvalue weighted by Crippen LogP contribution is -2.31. The number of nitrogens with one attached hydrogen (secondary N) is 1. The van der Waals surface area contributed by atoms with Gasteiger partial charge in [0.15, 0.2) is 0 Å². The van der Waals surface area contributed by atoms with Crippen molar-refractivity contribution in [1.82, 2.24) is 5.32 Å². The summed E-state index contributed by atoms with van der Waals surface area (Å²) < 4.78 is 0. The van der Waals surface area contributed by atoms with Gasteiger partial charge in [-0.25, -0.2) is 0 Å². The summed E-state index contributed by atoms with van der Waals surface area (Å²) in [6.45, 7) is 2.25. The molecule has 110 valence electrons. The van der Waals surface area contributed by atoms with Crippen LogP contribution in [0.5, 0.6) is 0 Å². The molecule has 0 radical (unpaired) electrons. The first kappa shape index (κ1) is 14.3. The molecular weight excluding hydrogens is 254 g/mol. The molecule has 0 bridgehead atoms. The summed E-state index contributed by atoms with van der Waals surface area (Å²) >= 11 is 0. The second-order valence-corrected chi connectivity index (χ2v) is 6.12. The Balaban J connectivity index is 1.75. The number of hydrogen-bond acceptors (Lipinski definition) is 1. The zero-order valence-corrected chi connectivity index (χ0v) is 13.1. The van der Waals surface area contributed by atoms with Crippen LogP contribution in [0.25, 0.3) is 0 Å². The maximum absolute atomic E-state index is 3.52. The molecule has 21 heavy (non-hydrogen) atoms. The minimum Gasteiger partial charge on any atom is -0.312 e. The van der Waals surface area contributed by atoms with E-state index in [0.717, 1.165) is 0 Å². The Hall–Kier alpha value is -1.60. The van der Waals surface area contributed by atoms with Gasteiger partial charge in [-0.2, -0.15) is 0 Å². The van der Waals surface area contributed by atoms with Crippen LogP contribution in [0.3, 0.4) is 0 Å². The van der Waals surface area contributed by atoms with Crippen LogP contribution in [0, 0.1) is 0 Å². The molecule has 0 aromatic heterocycles. The largest absolute Gasteiger partial charge is 0.312 e. The van der Waals surface area contributed by atoms with Crippen LogP contribution in [0.4, 0.5) is 0 Å². The zero-order valence-electron chi connectivity index (χ0n) is 13.1. The van der Waals surface area contributed by atoms with Crippen molar-refractivity contribution in [2.75, 3.05) is 7.05 Å². The Kier molecular flexibility index (Phi) is 4.40. The van der Waals surface area contributed by atoms with Gasteiger partial charge in [0.1, 0.15) is 0 Å². The molecule has 0 spiro atoms. The molecule has 1 nitrogen and oxygen atoms in total. The molecule has 0 fully saturated rings. The van der Waals surface area contributed by atoms with Gasteiger partial charge in [-0.3, -0.25) is 0 Å². The van der Waals surface area contributed by atoms with Crippen molar-refractivity contribution in [2.45, 2.75) is 44.6 Å². The minimum absolute atomic E-state index is 0.431. The lowest BCUT2D eigenvalue weighted by Gasteiger charge is -2.36. The molecule has 2 atom stereocenters. The van der Waals surface area contributed by atoms with E-state index in [9.17, 15) is 0 Å². The summed E-state index contributed by atoms with van der Waals surface area (Å²) in [4.78, 5) is 0. The first-order valence-corrected chi connectivity index (χ1v) is 8.17. The van der Waals surface area contributed by atoms with E-state index in [1.54, 1.807) is 0 Å². The number of benzene rings is 2. The molecule has 0 amide bonds. The monoisotopic (exact) mass is 279 g/mol. The fourth-order valence-electron chi connectivity index (χ4n) is 3.47. The minimum atomic E-state index is 0.431. The summed E-state index contributed by atoms with van der Waals surface area (Å²) in [6.07, 6.45) is 4.94. The highest BCUT2D eigenvalue weighted by Crippen LogP contribution is 2.43. The summed E-state index contributed by atoms with van der Waals surface area (Å²) in [5, 5.41) is 3.52. The Morgan fingerprint density at radius 1 is 1.10 bits per heavy atom. The Morgan fingerprint density at radius 3 is 2.52 bits per heavy atom. The molecule has 1 aliphatic rings. The molecule has 1 heteroatoms. The van der Waals surface area contributed by atoms with Gasteiger partial charge in [0.2, 0.25) is 0 Å². The lowest BCUT2D eigenvalue weighted by molar-refractivity contribution is 0.439. The Bertz CT molecular complexity index is 585. The molecule has 3 rings (SSSR count). The molecule has 0 saturated carbocycles. The van der Waals surface area contributed by atoms with Crippen molar-refractivity contribution in [1.29, 1.82) is 0 Å². The first-order valence-electron chi connectivity index (χ1n) is 8.17. The second-order valence-electron chi connectivity index (χ2n) is 6.12. The highest BCUT2D eigenvalue weighted by Gasteiger charge is 2.32. The maximum atomic E-state index is 3.52. The Morgan fingerprint density at radius 2 is 1.86 bits per heavy atom. The van der Waals surface area contributed by atoms with E-state index in [1.807, 2.05) is 0 Å². The van der Waals surface area contributed by atoms with Crippen LogP contribution in [0.2, 0.25) is 0 Å². The normalized spacial score (nSPS) is 17.9. The van der Waals surface area contributed by atoms with Crippen LogP contribution in [0.1, 0.15) is 54.0 Å². The highest BCUT2D eigenvalue weighted by atomic mass is 14.9. The van der Waals surface area contributed by atoms with Gasteiger partial charge in [-0.15, -0.1) is 0 Å². The quantitative estimate of drug-likeness (QED) is 0.813.